The Morgan fingerprint density at radius 1 is 1.11 bits per heavy atom. The summed E-state index contributed by atoms with van der Waals surface area (Å²) in [4.78, 5) is 3.92. The Hall–Kier alpha value is -1.88. The Balaban J connectivity index is 2.10. The smallest absolute Gasteiger partial charge is 0.388 e. The zero-order valence-corrected chi connectivity index (χ0v) is 9.93. The van der Waals surface area contributed by atoms with Crippen LogP contribution in [-0.2, 0) is 12.6 Å². The van der Waals surface area contributed by atoms with Crippen molar-refractivity contribution in [1.82, 2.24) is 4.98 Å². The molecule has 5 heteroatoms. The Kier molecular flexibility index (Phi) is 3.85. The zero-order valence-electron chi connectivity index (χ0n) is 9.93. The summed E-state index contributed by atoms with van der Waals surface area (Å²) < 4.78 is 37.2. The van der Waals surface area contributed by atoms with Crippen LogP contribution >= 0.6 is 0 Å². The fourth-order valence-electron chi connectivity index (χ4n) is 1.75. The molecule has 0 aliphatic heterocycles. The molecular formula is C14H12F3NO. The Morgan fingerprint density at radius 2 is 1.79 bits per heavy atom. The molecule has 1 N–H and O–H groups in total. The fraction of sp³-hybridized carbons (Fsp3) is 0.214. The Morgan fingerprint density at radius 3 is 2.32 bits per heavy atom. The summed E-state index contributed by atoms with van der Waals surface area (Å²) >= 11 is 0. The molecule has 1 atom stereocenters. The van der Waals surface area contributed by atoms with Crippen molar-refractivity contribution in [2.24, 2.45) is 0 Å². The van der Waals surface area contributed by atoms with Crippen LogP contribution in [0.3, 0.4) is 0 Å². The SMILES string of the molecule is OC(Cc1cccnc1)c1ccc(C(F)(F)F)cc1. The second kappa shape index (κ2) is 5.40. The minimum absolute atomic E-state index is 0.319. The number of aliphatic hydroxyl groups excluding tert-OH is 1. The summed E-state index contributed by atoms with van der Waals surface area (Å²) in [7, 11) is 0. The number of hydrogen-bond acceptors (Lipinski definition) is 2. The van der Waals surface area contributed by atoms with Gasteiger partial charge >= 0.3 is 6.18 Å². The molecular weight excluding hydrogens is 255 g/mol. The molecule has 0 amide bonds. The first-order valence-electron chi connectivity index (χ1n) is 5.71. The molecule has 0 bridgehead atoms. The highest BCUT2D eigenvalue weighted by atomic mass is 19.4. The van der Waals surface area contributed by atoms with Gasteiger partial charge in [-0.25, -0.2) is 0 Å². The second-order valence-corrected chi connectivity index (χ2v) is 4.20. The summed E-state index contributed by atoms with van der Waals surface area (Å²) in [6.07, 6.45) is -1.64. The van der Waals surface area contributed by atoms with Crippen molar-refractivity contribution in [3.05, 3.63) is 65.5 Å². The lowest BCUT2D eigenvalue weighted by molar-refractivity contribution is -0.137. The van der Waals surface area contributed by atoms with Crippen LogP contribution in [0.2, 0.25) is 0 Å². The molecule has 0 saturated heterocycles. The average Bonchev–Trinajstić information content (AvgIpc) is 2.39. The van der Waals surface area contributed by atoms with Crippen LogP contribution in [0.15, 0.2) is 48.8 Å². The van der Waals surface area contributed by atoms with Crippen LogP contribution in [0.25, 0.3) is 0 Å². The number of rotatable bonds is 3. The molecule has 0 fully saturated rings. The van der Waals surface area contributed by atoms with Gasteiger partial charge < -0.3 is 5.11 Å². The van der Waals surface area contributed by atoms with E-state index in [0.717, 1.165) is 17.7 Å². The molecule has 2 rings (SSSR count). The molecule has 2 aromatic rings. The third-order valence-electron chi connectivity index (χ3n) is 2.77. The van der Waals surface area contributed by atoms with Crippen molar-refractivity contribution >= 4 is 0 Å². The van der Waals surface area contributed by atoms with Gasteiger partial charge in [-0.1, -0.05) is 18.2 Å². The number of pyridine rings is 1. The van der Waals surface area contributed by atoms with E-state index in [2.05, 4.69) is 4.98 Å². The number of aromatic nitrogens is 1. The normalized spacial score (nSPS) is 13.3. The molecule has 0 saturated carbocycles. The van der Waals surface area contributed by atoms with Crippen LogP contribution in [0, 0.1) is 0 Å². The molecule has 1 heterocycles. The minimum Gasteiger partial charge on any atom is -0.388 e. The highest BCUT2D eigenvalue weighted by Crippen LogP contribution is 2.30. The molecule has 1 aromatic carbocycles. The maximum absolute atomic E-state index is 12.4. The van der Waals surface area contributed by atoms with E-state index in [0.29, 0.717) is 12.0 Å². The number of aliphatic hydroxyl groups is 1. The van der Waals surface area contributed by atoms with Gasteiger partial charge in [-0.15, -0.1) is 0 Å². The van der Waals surface area contributed by atoms with Crippen molar-refractivity contribution < 1.29 is 18.3 Å². The van der Waals surface area contributed by atoms with E-state index in [-0.39, 0.29) is 0 Å². The number of halogens is 3. The van der Waals surface area contributed by atoms with Crippen molar-refractivity contribution in [1.29, 1.82) is 0 Å². The summed E-state index contributed by atoms with van der Waals surface area (Å²) in [5, 5.41) is 9.96. The molecule has 2 nitrogen and oxygen atoms in total. The number of nitrogens with zero attached hydrogens (tertiary/aromatic N) is 1. The van der Waals surface area contributed by atoms with Crippen molar-refractivity contribution in [3.8, 4) is 0 Å². The highest BCUT2D eigenvalue weighted by Gasteiger charge is 2.30. The fourth-order valence-corrected chi connectivity index (χ4v) is 1.75. The molecule has 0 aliphatic carbocycles. The van der Waals surface area contributed by atoms with E-state index in [1.54, 1.807) is 24.5 Å². The van der Waals surface area contributed by atoms with Crippen molar-refractivity contribution in [3.63, 3.8) is 0 Å². The van der Waals surface area contributed by atoms with Gasteiger partial charge in [-0.3, -0.25) is 4.98 Å². The van der Waals surface area contributed by atoms with E-state index in [4.69, 9.17) is 0 Å². The first kappa shape index (κ1) is 13.5. The van der Waals surface area contributed by atoms with Crippen molar-refractivity contribution in [2.45, 2.75) is 18.7 Å². The quantitative estimate of drug-likeness (QED) is 0.924. The topological polar surface area (TPSA) is 33.1 Å². The van der Waals surface area contributed by atoms with Crippen LogP contribution in [-0.4, -0.2) is 10.1 Å². The van der Waals surface area contributed by atoms with E-state index >= 15 is 0 Å². The summed E-state index contributed by atoms with van der Waals surface area (Å²) in [6.45, 7) is 0. The van der Waals surface area contributed by atoms with Gasteiger partial charge in [0.25, 0.3) is 0 Å². The molecule has 1 aromatic heterocycles. The van der Waals surface area contributed by atoms with Gasteiger partial charge in [0.1, 0.15) is 0 Å². The Labute approximate surface area is 108 Å². The zero-order chi connectivity index (χ0) is 13.9. The van der Waals surface area contributed by atoms with E-state index in [9.17, 15) is 18.3 Å². The molecule has 0 aliphatic rings. The van der Waals surface area contributed by atoms with Crippen LogP contribution in [0.4, 0.5) is 13.2 Å². The van der Waals surface area contributed by atoms with E-state index < -0.39 is 17.8 Å². The van der Waals surface area contributed by atoms with Crippen LogP contribution in [0.5, 0.6) is 0 Å². The minimum atomic E-state index is -4.35. The first-order valence-corrected chi connectivity index (χ1v) is 5.71. The van der Waals surface area contributed by atoms with Gasteiger partial charge in [-0.05, 0) is 29.3 Å². The standard InChI is InChI=1S/C14H12F3NO/c15-14(16,17)12-5-3-11(4-6-12)13(19)8-10-2-1-7-18-9-10/h1-7,9,13,19H,8H2. The predicted octanol–water partition coefficient (Wildman–Crippen LogP) is 3.38. The van der Waals surface area contributed by atoms with Crippen molar-refractivity contribution in [2.75, 3.05) is 0 Å². The number of alkyl halides is 3. The lowest BCUT2D eigenvalue weighted by Crippen LogP contribution is -2.06. The molecule has 0 radical (unpaired) electrons. The molecule has 0 spiro atoms. The summed E-state index contributed by atoms with van der Waals surface area (Å²) in [6, 6.07) is 8.09. The maximum atomic E-state index is 12.4. The van der Waals surface area contributed by atoms with E-state index in [1.165, 1.54) is 12.1 Å². The molecule has 19 heavy (non-hydrogen) atoms. The third kappa shape index (κ3) is 3.54. The van der Waals surface area contributed by atoms with Gasteiger partial charge in [0.2, 0.25) is 0 Å². The Bertz CT molecular complexity index is 523. The van der Waals surface area contributed by atoms with E-state index in [1.807, 2.05) is 0 Å². The summed E-state index contributed by atoms with van der Waals surface area (Å²) in [5.74, 6) is 0. The van der Waals surface area contributed by atoms with Gasteiger partial charge in [0.05, 0.1) is 11.7 Å². The van der Waals surface area contributed by atoms with Gasteiger partial charge in [-0.2, -0.15) is 13.2 Å². The number of hydrogen-bond donors (Lipinski definition) is 1. The lowest BCUT2D eigenvalue weighted by Gasteiger charge is -2.12. The van der Waals surface area contributed by atoms with Gasteiger partial charge in [0.15, 0.2) is 0 Å². The predicted molar refractivity (Wildman–Crippen MR) is 64.3 cm³/mol. The average molecular weight is 267 g/mol. The largest absolute Gasteiger partial charge is 0.416 e. The maximum Gasteiger partial charge on any atom is 0.416 e. The van der Waals surface area contributed by atoms with Crippen LogP contribution in [0.1, 0.15) is 22.8 Å². The number of benzene rings is 1. The highest BCUT2D eigenvalue weighted by molar-refractivity contribution is 5.27. The summed E-state index contributed by atoms with van der Waals surface area (Å²) in [5.41, 5.74) is 0.566. The molecule has 1 unspecified atom stereocenters. The van der Waals surface area contributed by atoms with Crippen LogP contribution < -0.4 is 0 Å². The first-order chi connectivity index (χ1) is 8.97. The third-order valence-corrected chi connectivity index (χ3v) is 2.77. The van der Waals surface area contributed by atoms with Gasteiger partial charge in [0, 0.05) is 18.8 Å². The molecule has 100 valence electrons. The lowest BCUT2D eigenvalue weighted by atomic mass is 10.0. The monoisotopic (exact) mass is 267 g/mol. The second-order valence-electron chi connectivity index (χ2n) is 4.20.